The molecule has 3 atom stereocenters. The van der Waals surface area contributed by atoms with Gasteiger partial charge < -0.3 is 5.32 Å². The standard InChI is InChI=1S/C26H20ClN3O2/c1-15-11-13-17(14-12-15)22-25(16(2)29-30(24(25)32)18-7-4-3-5-8-18)26(22)21-19(27)9-6-10-20(21)28-23(26)31/h3-14,22H,1-2H3,(H,28,31)/t22?,25-,26+/m0/s1. The van der Waals surface area contributed by atoms with Crippen LogP contribution >= 0.6 is 11.6 Å². The van der Waals surface area contributed by atoms with E-state index in [9.17, 15) is 9.59 Å². The van der Waals surface area contributed by atoms with Crippen LogP contribution in [0.15, 0.2) is 77.9 Å². The lowest BCUT2D eigenvalue weighted by molar-refractivity contribution is -0.125. The number of nitrogens with one attached hydrogen (secondary N) is 1. The number of amides is 2. The molecule has 1 saturated carbocycles. The second kappa shape index (κ2) is 6.30. The maximum absolute atomic E-state index is 14.2. The Kier molecular flexibility index (Phi) is 3.79. The zero-order chi connectivity index (χ0) is 22.3. The molecular weight excluding hydrogens is 422 g/mol. The Morgan fingerprint density at radius 2 is 1.62 bits per heavy atom. The molecule has 6 heteroatoms. The number of hydrogen-bond donors (Lipinski definition) is 1. The van der Waals surface area contributed by atoms with Crippen LogP contribution in [-0.4, -0.2) is 17.5 Å². The maximum atomic E-state index is 14.2. The summed E-state index contributed by atoms with van der Waals surface area (Å²) in [6.45, 7) is 3.86. The predicted octanol–water partition coefficient (Wildman–Crippen LogP) is 5.04. The van der Waals surface area contributed by atoms with Crippen LogP contribution in [0, 0.1) is 12.3 Å². The first-order valence-corrected chi connectivity index (χ1v) is 10.9. The summed E-state index contributed by atoms with van der Waals surface area (Å²) in [5, 5.41) is 9.60. The minimum atomic E-state index is -1.13. The molecule has 1 unspecified atom stereocenters. The fraction of sp³-hybridized carbons (Fsp3) is 0.192. The molecule has 1 fully saturated rings. The van der Waals surface area contributed by atoms with Gasteiger partial charge in [0, 0.05) is 22.2 Å². The second-order valence-corrected chi connectivity index (χ2v) is 9.12. The van der Waals surface area contributed by atoms with Crippen molar-refractivity contribution in [1.82, 2.24) is 0 Å². The highest BCUT2D eigenvalue weighted by molar-refractivity contribution is 6.37. The third kappa shape index (κ3) is 2.07. The molecule has 5 nitrogen and oxygen atoms in total. The van der Waals surface area contributed by atoms with Gasteiger partial charge in [0.2, 0.25) is 5.91 Å². The van der Waals surface area contributed by atoms with Crippen molar-refractivity contribution in [2.75, 3.05) is 10.3 Å². The molecule has 2 spiro atoms. The molecule has 0 saturated heterocycles. The van der Waals surface area contributed by atoms with Crippen molar-refractivity contribution in [3.8, 4) is 0 Å². The fourth-order valence-electron chi connectivity index (χ4n) is 5.88. The van der Waals surface area contributed by atoms with Gasteiger partial charge in [-0.25, -0.2) is 0 Å². The molecule has 1 aliphatic carbocycles. The summed E-state index contributed by atoms with van der Waals surface area (Å²) in [4.78, 5) is 27.9. The van der Waals surface area contributed by atoms with E-state index in [4.69, 9.17) is 11.6 Å². The molecule has 2 aliphatic heterocycles. The maximum Gasteiger partial charge on any atom is 0.261 e. The Bertz CT molecular complexity index is 1330. The Morgan fingerprint density at radius 1 is 0.906 bits per heavy atom. The van der Waals surface area contributed by atoms with Crippen molar-refractivity contribution in [1.29, 1.82) is 0 Å². The van der Waals surface area contributed by atoms with Crippen LogP contribution in [0.25, 0.3) is 0 Å². The topological polar surface area (TPSA) is 61.8 Å². The van der Waals surface area contributed by atoms with Crippen LogP contribution in [0.4, 0.5) is 11.4 Å². The third-order valence-electron chi connectivity index (χ3n) is 7.18. The van der Waals surface area contributed by atoms with E-state index in [1.807, 2.05) is 80.6 Å². The molecule has 3 aromatic rings. The molecule has 0 aromatic heterocycles. The first-order valence-electron chi connectivity index (χ1n) is 10.6. The first-order chi connectivity index (χ1) is 15.4. The Labute approximate surface area is 190 Å². The zero-order valence-electron chi connectivity index (χ0n) is 17.6. The average molecular weight is 442 g/mol. The van der Waals surface area contributed by atoms with Crippen LogP contribution < -0.4 is 10.3 Å². The number of hydrazone groups is 1. The van der Waals surface area contributed by atoms with E-state index in [0.717, 1.165) is 11.1 Å². The monoisotopic (exact) mass is 441 g/mol. The minimum absolute atomic E-state index is 0.199. The molecule has 3 aliphatic rings. The van der Waals surface area contributed by atoms with Crippen molar-refractivity contribution < 1.29 is 9.59 Å². The van der Waals surface area contributed by atoms with Crippen LogP contribution in [0.1, 0.15) is 29.5 Å². The summed E-state index contributed by atoms with van der Waals surface area (Å²) in [5.74, 6) is -0.805. The molecule has 158 valence electrons. The highest BCUT2D eigenvalue weighted by atomic mass is 35.5. The molecule has 2 heterocycles. The van der Waals surface area contributed by atoms with E-state index in [0.29, 0.717) is 27.7 Å². The summed E-state index contributed by atoms with van der Waals surface area (Å²) in [7, 11) is 0. The van der Waals surface area contributed by atoms with E-state index in [2.05, 4.69) is 10.4 Å². The number of carbonyl (C=O) groups excluding carboxylic acids is 2. The van der Waals surface area contributed by atoms with Crippen LogP contribution in [0.2, 0.25) is 5.02 Å². The quantitative estimate of drug-likeness (QED) is 0.605. The smallest absolute Gasteiger partial charge is 0.261 e. The number of para-hydroxylation sites is 1. The van der Waals surface area contributed by atoms with E-state index in [-0.39, 0.29) is 11.8 Å². The van der Waals surface area contributed by atoms with Crippen molar-refractivity contribution >= 4 is 40.5 Å². The molecule has 3 aromatic carbocycles. The lowest BCUT2D eigenvalue weighted by atomic mass is 9.84. The highest BCUT2D eigenvalue weighted by Crippen LogP contribution is 2.80. The molecule has 2 amide bonds. The first kappa shape index (κ1) is 19.3. The number of nitrogens with zero attached hydrogens (tertiary/aromatic N) is 2. The molecule has 6 rings (SSSR count). The van der Waals surface area contributed by atoms with E-state index in [1.165, 1.54) is 5.01 Å². The van der Waals surface area contributed by atoms with Crippen molar-refractivity contribution in [2.24, 2.45) is 10.5 Å². The van der Waals surface area contributed by atoms with Crippen molar-refractivity contribution in [3.05, 3.63) is 94.5 Å². The number of anilines is 2. The number of aryl methyl sites for hydroxylation is 1. The summed E-state index contributed by atoms with van der Waals surface area (Å²) in [6.07, 6.45) is 0. The van der Waals surface area contributed by atoms with Gasteiger partial charge in [-0.05, 0) is 43.7 Å². The molecule has 1 N–H and O–H groups in total. The lowest BCUT2D eigenvalue weighted by Crippen LogP contribution is -2.38. The number of carbonyl (C=O) groups is 2. The SMILES string of the molecule is CC1=NN(c2ccccc2)C(=O)[C@@]12C(c1ccc(C)cc1)[C@]21C(=O)Nc2cccc(Cl)c21. The van der Waals surface area contributed by atoms with Crippen LogP contribution in [-0.2, 0) is 15.0 Å². The van der Waals surface area contributed by atoms with Crippen molar-refractivity contribution in [2.45, 2.75) is 25.2 Å². The Hall–Kier alpha value is -3.44. The van der Waals surface area contributed by atoms with Gasteiger partial charge in [-0.1, -0.05) is 65.7 Å². The Morgan fingerprint density at radius 3 is 2.34 bits per heavy atom. The largest absolute Gasteiger partial charge is 0.325 e. The van der Waals surface area contributed by atoms with Gasteiger partial charge in [-0.3, -0.25) is 9.59 Å². The summed E-state index contributed by atoms with van der Waals surface area (Å²) < 4.78 is 0. The van der Waals surface area contributed by atoms with Gasteiger partial charge >= 0.3 is 0 Å². The minimum Gasteiger partial charge on any atom is -0.325 e. The predicted molar refractivity (Wildman–Crippen MR) is 125 cm³/mol. The normalized spacial score (nSPS) is 27.7. The Balaban J connectivity index is 1.62. The van der Waals surface area contributed by atoms with E-state index in [1.54, 1.807) is 6.07 Å². The fourth-order valence-corrected chi connectivity index (χ4v) is 6.20. The number of rotatable bonds is 2. The van der Waals surface area contributed by atoms with Crippen molar-refractivity contribution in [3.63, 3.8) is 0 Å². The molecule has 32 heavy (non-hydrogen) atoms. The molecular formula is C26H20ClN3O2. The van der Waals surface area contributed by atoms with E-state index < -0.39 is 16.7 Å². The molecule has 0 bridgehead atoms. The van der Waals surface area contributed by atoms with Gasteiger partial charge in [0.15, 0.2) is 0 Å². The van der Waals surface area contributed by atoms with Gasteiger partial charge in [0.25, 0.3) is 5.91 Å². The third-order valence-corrected chi connectivity index (χ3v) is 7.50. The summed E-state index contributed by atoms with van der Waals surface area (Å²) >= 11 is 6.69. The van der Waals surface area contributed by atoms with Gasteiger partial charge in [0.05, 0.1) is 11.4 Å². The number of benzene rings is 3. The number of hydrogen-bond acceptors (Lipinski definition) is 3. The van der Waals surface area contributed by atoms with Crippen LogP contribution in [0.5, 0.6) is 0 Å². The number of fused-ring (bicyclic) bond motifs is 3. The summed E-state index contributed by atoms with van der Waals surface area (Å²) in [5.41, 5.74) is 2.43. The highest BCUT2D eigenvalue weighted by Gasteiger charge is 2.90. The van der Waals surface area contributed by atoms with Crippen LogP contribution in [0.3, 0.4) is 0 Å². The number of halogens is 1. The van der Waals surface area contributed by atoms with Gasteiger partial charge in [-0.15, -0.1) is 0 Å². The van der Waals surface area contributed by atoms with Gasteiger partial charge in [-0.2, -0.15) is 10.1 Å². The summed E-state index contributed by atoms with van der Waals surface area (Å²) in [6, 6.07) is 22.8. The van der Waals surface area contributed by atoms with Gasteiger partial charge in [0.1, 0.15) is 10.8 Å². The molecule has 0 radical (unpaired) electrons. The van der Waals surface area contributed by atoms with E-state index >= 15 is 0 Å². The average Bonchev–Trinajstić information content (AvgIpc) is 3.20. The second-order valence-electron chi connectivity index (χ2n) is 8.71. The zero-order valence-corrected chi connectivity index (χ0v) is 18.4. The lowest BCUT2D eigenvalue weighted by Gasteiger charge is -2.18.